The first kappa shape index (κ1) is 7.84. The fraction of sp³-hybridized carbons (Fsp3) is 0.667. The zero-order valence-electron chi connectivity index (χ0n) is 6.46. The standard InChI is InChI=1S/C6H10N2O3/c1-4(9)7-5-3-8(2)6(10)11-5/h5H,3H2,1-2H3,(H,7,9). The van der Waals surface area contributed by atoms with E-state index in [0.717, 1.165) is 0 Å². The molecule has 0 spiro atoms. The third kappa shape index (κ3) is 1.83. The van der Waals surface area contributed by atoms with E-state index in [1.165, 1.54) is 11.8 Å². The summed E-state index contributed by atoms with van der Waals surface area (Å²) >= 11 is 0. The van der Waals surface area contributed by atoms with Gasteiger partial charge in [0.05, 0.1) is 6.54 Å². The van der Waals surface area contributed by atoms with Gasteiger partial charge in [0.2, 0.25) is 5.91 Å². The zero-order valence-corrected chi connectivity index (χ0v) is 6.46. The summed E-state index contributed by atoms with van der Waals surface area (Å²) in [5.74, 6) is -0.196. The highest BCUT2D eigenvalue weighted by molar-refractivity contribution is 5.75. The lowest BCUT2D eigenvalue weighted by atomic mass is 10.5. The first-order chi connectivity index (χ1) is 5.09. The molecular formula is C6H10N2O3. The Morgan fingerprint density at radius 3 is 2.82 bits per heavy atom. The van der Waals surface area contributed by atoms with Gasteiger partial charge in [0, 0.05) is 14.0 Å². The van der Waals surface area contributed by atoms with Gasteiger partial charge in [0.15, 0.2) is 6.23 Å². The number of hydrogen-bond donors (Lipinski definition) is 1. The molecule has 0 aromatic rings. The van der Waals surface area contributed by atoms with Crippen LogP contribution in [-0.2, 0) is 9.53 Å². The first-order valence-corrected chi connectivity index (χ1v) is 3.28. The molecule has 1 aliphatic heterocycles. The van der Waals surface area contributed by atoms with Crippen molar-refractivity contribution in [1.29, 1.82) is 0 Å². The number of rotatable bonds is 1. The van der Waals surface area contributed by atoms with E-state index in [1.807, 2.05) is 0 Å². The van der Waals surface area contributed by atoms with Crippen molar-refractivity contribution < 1.29 is 14.3 Å². The summed E-state index contributed by atoms with van der Waals surface area (Å²) < 4.78 is 4.74. The Morgan fingerprint density at radius 1 is 1.82 bits per heavy atom. The van der Waals surface area contributed by atoms with Crippen LogP contribution in [0.2, 0.25) is 0 Å². The van der Waals surface area contributed by atoms with Crippen molar-refractivity contribution >= 4 is 12.0 Å². The van der Waals surface area contributed by atoms with Crippen LogP contribution in [0.15, 0.2) is 0 Å². The van der Waals surface area contributed by atoms with E-state index < -0.39 is 12.3 Å². The number of ether oxygens (including phenoxy) is 1. The largest absolute Gasteiger partial charge is 0.423 e. The highest BCUT2D eigenvalue weighted by Gasteiger charge is 2.28. The molecule has 11 heavy (non-hydrogen) atoms. The van der Waals surface area contributed by atoms with E-state index in [1.54, 1.807) is 7.05 Å². The Kier molecular flexibility index (Phi) is 1.98. The Hall–Kier alpha value is -1.26. The maximum atomic E-state index is 10.7. The highest BCUT2D eigenvalue weighted by atomic mass is 16.6. The average Bonchev–Trinajstić information content (AvgIpc) is 2.10. The molecule has 0 radical (unpaired) electrons. The second-order valence-corrected chi connectivity index (χ2v) is 2.45. The number of cyclic esters (lactones) is 1. The van der Waals surface area contributed by atoms with Gasteiger partial charge in [-0.25, -0.2) is 4.79 Å². The second kappa shape index (κ2) is 2.77. The molecule has 0 saturated carbocycles. The van der Waals surface area contributed by atoms with Crippen molar-refractivity contribution in [3.05, 3.63) is 0 Å². The number of carbonyl (C=O) groups excluding carboxylic acids is 2. The molecule has 1 fully saturated rings. The van der Waals surface area contributed by atoms with Crippen molar-refractivity contribution in [2.24, 2.45) is 0 Å². The van der Waals surface area contributed by atoms with Crippen molar-refractivity contribution in [1.82, 2.24) is 10.2 Å². The summed E-state index contributed by atoms with van der Waals surface area (Å²) in [7, 11) is 1.62. The van der Waals surface area contributed by atoms with Gasteiger partial charge in [-0.1, -0.05) is 0 Å². The Balaban J connectivity index is 2.41. The van der Waals surface area contributed by atoms with Crippen molar-refractivity contribution in [2.45, 2.75) is 13.2 Å². The number of likely N-dealkylation sites (N-methyl/N-ethyl adjacent to an activating group) is 1. The Labute approximate surface area is 64.3 Å². The van der Waals surface area contributed by atoms with E-state index in [2.05, 4.69) is 5.32 Å². The SMILES string of the molecule is CC(=O)NC1CN(C)C(=O)O1. The number of nitrogens with one attached hydrogen (secondary N) is 1. The van der Waals surface area contributed by atoms with E-state index in [4.69, 9.17) is 4.74 Å². The molecule has 1 rings (SSSR count). The number of hydrogen-bond acceptors (Lipinski definition) is 3. The maximum absolute atomic E-state index is 10.7. The molecular weight excluding hydrogens is 148 g/mol. The number of nitrogens with zero attached hydrogens (tertiary/aromatic N) is 1. The van der Waals surface area contributed by atoms with Crippen molar-refractivity contribution in [3.63, 3.8) is 0 Å². The van der Waals surface area contributed by atoms with Crippen LogP contribution in [0.3, 0.4) is 0 Å². The van der Waals surface area contributed by atoms with Crippen LogP contribution >= 0.6 is 0 Å². The van der Waals surface area contributed by atoms with Crippen LogP contribution < -0.4 is 5.32 Å². The molecule has 1 heterocycles. The molecule has 1 unspecified atom stereocenters. The summed E-state index contributed by atoms with van der Waals surface area (Å²) in [5, 5.41) is 2.48. The van der Waals surface area contributed by atoms with Gasteiger partial charge in [-0.15, -0.1) is 0 Å². The molecule has 0 aliphatic carbocycles. The number of carbonyl (C=O) groups is 2. The molecule has 2 amide bonds. The lowest BCUT2D eigenvalue weighted by Gasteiger charge is -2.07. The molecule has 1 aliphatic rings. The topological polar surface area (TPSA) is 58.6 Å². The molecule has 62 valence electrons. The molecule has 5 nitrogen and oxygen atoms in total. The van der Waals surface area contributed by atoms with E-state index in [-0.39, 0.29) is 5.91 Å². The molecule has 0 bridgehead atoms. The molecule has 0 aromatic heterocycles. The minimum absolute atomic E-state index is 0.196. The lowest BCUT2D eigenvalue weighted by Crippen LogP contribution is -2.35. The van der Waals surface area contributed by atoms with E-state index >= 15 is 0 Å². The van der Waals surface area contributed by atoms with E-state index in [9.17, 15) is 9.59 Å². The molecule has 0 aromatic carbocycles. The Morgan fingerprint density at radius 2 is 2.45 bits per heavy atom. The van der Waals surface area contributed by atoms with Crippen LogP contribution in [0.1, 0.15) is 6.92 Å². The molecule has 1 saturated heterocycles. The quantitative estimate of drug-likeness (QED) is 0.561. The van der Waals surface area contributed by atoms with E-state index in [0.29, 0.717) is 6.54 Å². The number of amides is 2. The molecule has 5 heteroatoms. The predicted molar refractivity (Wildman–Crippen MR) is 36.7 cm³/mol. The highest BCUT2D eigenvalue weighted by Crippen LogP contribution is 2.05. The van der Waals surface area contributed by atoms with Gasteiger partial charge in [-0.2, -0.15) is 0 Å². The third-order valence-corrected chi connectivity index (χ3v) is 1.36. The first-order valence-electron chi connectivity index (χ1n) is 3.28. The minimum Gasteiger partial charge on any atom is -0.423 e. The van der Waals surface area contributed by atoms with Gasteiger partial charge in [0.25, 0.3) is 0 Å². The summed E-state index contributed by atoms with van der Waals surface area (Å²) in [5.41, 5.74) is 0. The Bertz CT molecular complexity index is 190. The maximum Gasteiger partial charge on any atom is 0.411 e. The molecule has 1 atom stereocenters. The van der Waals surface area contributed by atoms with Gasteiger partial charge < -0.3 is 15.0 Å². The van der Waals surface area contributed by atoms with Gasteiger partial charge in [-0.05, 0) is 0 Å². The molecule has 1 N–H and O–H groups in total. The average molecular weight is 158 g/mol. The smallest absolute Gasteiger partial charge is 0.411 e. The summed E-state index contributed by atoms with van der Waals surface area (Å²) in [6.07, 6.45) is -0.881. The summed E-state index contributed by atoms with van der Waals surface area (Å²) in [4.78, 5) is 22.6. The van der Waals surface area contributed by atoms with Crippen molar-refractivity contribution in [2.75, 3.05) is 13.6 Å². The summed E-state index contributed by atoms with van der Waals surface area (Å²) in [6.45, 7) is 1.80. The van der Waals surface area contributed by atoms with Crippen LogP contribution in [0.4, 0.5) is 4.79 Å². The fourth-order valence-electron chi connectivity index (χ4n) is 0.874. The van der Waals surface area contributed by atoms with Gasteiger partial charge in [0.1, 0.15) is 0 Å². The third-order valence-electron chi connectivity index (χ3n) is 1.36. The zero-order chi connectivity index (χ0) is 8.43. The van der Waals surface area contributed by atoms with Gasteiger partial charge in [-0.3, -0.25) is 4.79 Å². The van der Waals surface area contributed by atoms with Crippen LogP contribution in [-0.4, -0.2) is 36.7 Å². The predicted octanol–water partition coefficient (Wildman–Crippen LogP) is -0.469. The van der Waals surface area contributed by atoms with Crippen molar-refractivity contribution in [3.8, 4) is 0 Å². The van der Waals surface area contributed by atoms with Crippen LogP contribution in [0, 0.1) is 0 Å². The van der Waals surface area contributed by atoms with Crippen LogP contribution in [0.25, 0.3) is 0 Å². The fourth-order valence-corrected chi connectivity index (χ4v) is 0.874. The normalized spacial score (nSPS) is 23.3. The lowest BCUT2D eigenvalue weighted by molar-refractivity contribution is -0.121. The monoisotopic (exact) mass is 158 g/mol. The second-order valence-electron chi connectivity index (χ2n) is 2.45. The minimum atomic E-state index is -0.481. The van der Waals surface area contributed by atoms with Crippen LogP contribution in [0.5, 0.6) is 0 Å². The van der Waals surface area contributed by atoms with Gasteiger partial charge >= 0.3 is 6.09 Å². The summed E-state index contributed by atoms with van der Waals surface area (Å²) in [6, 6.07) is 0.